The number of hydrogen-bond donors (Lipinski definition) is 2. The molecule has 0 atom stereocenters. The Kier molecular flexibility index (Phi) is 2.52. The van der Waals surface area contributed by atoms with Crippen LogP contribution in [0.15, 0.2) is 23.6 Å². The van der Waals surface area contributed by atoms with Crippen molar-refractivity contribution in [2.75, 3.05) is 4.72 Å². The van der Waals surface area contributed by atoms with Crippen LogP contribution in [-0.2, 0) is 10.0 Å². The molecule has 2 rings (SSSR count). The minimum absolute atomic E-state index is 0.0440. The highest BCUT2D eigenvalue weighted by Gasteiger charge is 2.17. The average molecular weight is 240 g/mol. The van der Waals surface area contributed by atoms with E-state index in [9.17, 15) is 8.42 Å². The van der Waals surface area contributed by atoms with Gasteiger partial charge in [0, 0.05) is 0 Å². The van der Waals surface area contributed by atoms with Crippen molar-refractivity contribution in [1.82, 2.24) is 25.1 Å². The number of H-pyrrole nitrogens is 1. The van der Waals surface area contributed by atoms with Gasteiger partial charge in [-0.1, -0.05) is 0 Å². The highest BCUT2D eigenvalue weighted by molar-refractivity contribution is 7.92. The van der Waals surface area contributed by atoms with Crippen molar-refractivity contribution in [2.45, 2.75) is 11.9 Å². The Morgan fingerprint density at radius 2 is 2.12 bits per heavy atom. The van der Waals surface area contributed by atoms with E-state index >= 15 is 0 Å². The van der Waals surface area contributed by atoms with Crippen LogP contribution in [0.25, 0.3) is 0 Å². The van der Waals surface area contributed by atoms with Gasteiger partial charge >= 0.3 is 0 Å². The van der Waals surface area contributed by atoms with Gasteiger partial charge in [-0.25, -0.2) is 14.7 Å². The molecule has 0 fully saturated rings. The first-order chi connectivity index (χ1) is 7.58. The zero-order chi connectivity index (χ0) is 11.6. The molecule has 84 valence electrons. The minimum Gasteiger partial charge on any atom is -0.332 e. The molecule has 0 amide bonds. The van der Waals surface area contributed by atoms with E-state index in [0.29, 0.717) is 5.82 Å². The molecular formula is C7H8N6O2S. The van der Waals surface area contributed by atoms with Crippen LogP contribution in [0, 0.1) is 6.92 Å². The zero-order valence-electron chi connectivity index (χ0n) is 8.25. The van der Waals surface area contributed by atoms with E-state index in [1.807, 2.05) is 0 Å². The Hall–Kier alpha value is -2.03. The quantitative estimate of drug-likeness (QED) is 0.761. The van der Waals surface area contributed by atoms with Crippen LogP contribution in [0.5, 0.6) is 0 Å². The third-order valence-corrected chi connectivity index (χ3v) is 2.92. The summed E-state index contributed by atoms with van der Waals surface area (Å²) in [7, 11) is -3.73. The number of hydrogen-bond acceptors (Lipinski definition) is 6. The molecule has 0 aliphatic rings. The van der Waals surface area contributed by atoms with Gasteiger partial charge in [0.2, 0.25) is 0 Å². The van der Waals surface area contributed by atoms with Crippen molar-refractivity contribution in [3.8, 4) is 0 Å². The number of aryl methyl sites for hydroxylation is 1. The molecule has 0 spiro atoms. The van der Waals surface area contributed by atoms with Gasteiger partial charge < -0.3 is 4.98 Å². The number of imidazole rings is 1. The minimum atomic E-state index is -3.73. The Bertz CT molecular complexity index is 578. The SMILES string of the molecule is Cc1ncc(S(=O)(=O)Nc2nccnn2)[nH]1. The molecule has 2 aromatic rings. The fourth-order valence-corrected chi connectivity index (χ4v) is 1.92. The summed E-state index contributed by atoms with van der Waals surface area (Å²) in [6.07, 6.45) is 3.90. The molecule has 0 radical (unpaired) electrons. The van der Waals surface area contributed by atoms with Gasteiger partial charge in [-0.3, -0.25) is 0 Å². The third-order valence-electron chi connectivity index (χ3n) is 1.68. The Morgan fingerprint density at radius 3 is 2.69 bits per heavy atom. The van der Waals surface area contributed by atoms with Gasteiger partial charge in [0.05, 0.1) is 18.6 Å². The second-order valence-electron chi connectivity index (χ2n) is 2.90. The zero-order valence-corrected chi connectivity index (χ0v) is 9.06. The maximum atomic E-state index is 11.7. The van der Waals surface area contributed by atoms with Gasteiger partial charge in [0.25, 0.3) is 16.0 Å². The van der Waals surface area contributed by atoms with E-state index in [2.05, 4.69) is 29.9 Å². The molecule has 0 aliphatic heterocycles. The molecule has 8 nitrogen and oxygen atoms in total. The molecule has 0 aromatic carbocycles. The molecule has 2 N–H and O–H groups in total. The van der Waals surface area contributed by atoms with Gasteiger partial charge in [0.15, 0.2) is 5.03 Å². The lowest BCUT2D eigenvalue weighted by Crippen LogP contribution is -2.15. The Labute approximate surface area is 91.2 Å². The van der Waals surface area contributed by atoms with Crippen LogP contribution < -0.4 is 4.72 Å². The molecule has 2 aromatic heterocycles. The monoisotopic (exact) mass is 240 g/mol. The molecule has 0 aliphatic carbocycles. The highest BCUT2D eigenvalue weighted by atomic mass is 32.2. The van der Waals surface area contributed by atoms with E-state index in [4.69, 9.17) is 0 Å². The summed E-state index contributed by atoms with van der Waals surface area (Å²) in [5, 5.41) is 6.97. The van der Waals surface area contributed by atoms with Crippen molar-refractivity contribution in [3.63, 3.8) is 0 Å². The summed E-state index contributed by atoms with van der Waals surface area (Å²) in [5.41, 5.74) is 0. The lowest BCUT2D eigenvalue weighted by Gasteiger charge is -2.02. The lowest BCUT2D eigenvalue weighted by atomic mass is 10.8. The van der Waals surface area contributed by atoms with Crippen LogP contribution in [0.1, 0.15) is 5.82 Å². The molecule has 0 saturated carbocycles. The molecule has 0 unspecified atom stereocenters. The van der Waals surface area contributed by atoms with Crippen molar-refractivity contribution in [2.24, 2.45) is 0 Å². The van der Waals surface area contributed by atoms with Crippen molar-refractivity contribution < 1.29 is 8.42 Å². The van der Waals surface area contributed by atoms with Gasteiger partial charge in [-0.2, -0.15) is 13.5 Å². The third kappa shape index (κ3) is 2.14. The molecule has 2 heterocycles. The van der Waals surface area contributed by atoms with Crippen molar-refractivity contribution in [3.05, 3.63) is 24.4 Å². The number of nitrogens with zero attached hydrogens (tertiary/aromatic N) is 4. The fourth-order valence-electron chi connectivity index (χ4n) is 1.00. The van der Waals surface area contributed by atoms with Crippen LogP contribution in [0.4, 0.5) is 5.95 Å². The fraction of sp³-hybridized carbons (Fsp3) is 0.143. The number of nitrogens with one attached hydrogen (secondary N) is 2. The molecule has 0 bridgehead atoms. The van der Waals surface area contributed by atoms with Crippen LogP contribution in [0.2, 0.25) is 0 Å². The van der Waals surface area contributed by atoms with E-state index in [1.54, 1.807) is 6.92 Å². The smallest absolute Gasteiger partial charge is 0.281 e. The Morgan fingerprint density at radius 1 is 1.31 bits per heavy atom. The summed E-state index contributed by atoms with van der Waals surface area (Å²) in [6, 6.07) is 0. The van der Waals surface area contributed by atoms with Crippen LogP contribution in [0.3, 0.4) is 0 Å². The summed E-state index contributed by atoms with van der Waals surface area (Å²) >= 11 is 0. The first kappa shape index (κ1) is 10.5. The van der Waals surface area contributed by atoms with Gasteiger partial charge in [-0.15, -0.1) is 5.10 Å². The topological polar surface area (TPSA) is 114 Å². The first-order valence-electron chi connectivity index (χ1n) is 4.26. The van der Waals surface area contributed by atoms with Crippen molar-refractivity contribution >= 4 is 16.0 Å². The summed E-state index contributed by atoms with van der Waals surface area (Å²) in [4.78, 5) is 10.1. The van der Waals surface area contributed by atoms with Gasteiger partial charge in [0.1, 0.15) is 5.82 Å². The average Bonchev–Trinajstić information content (AvgIpc) is 2.66. The number of rotatable bonds is 3. The second-order valence-corrected chi connectivity index (χ2v) is 4.56. The molecule has 9 heteroatoms. The van der Waals surface area contributed by atoms with Crippen LogP contribution >= 0.6 is 0 Å². The van der Waals surface area contributed by atoms with E-state index in [0.717, 1.165) is 0 Å². The maximum absolute atomic E-state index is 11.7. The van der Waals surface area contributed by atoms with E-state index in [-0.39, 0.29) is 11.0 Å². The van der Waals surface area contributed by atoms with Crippen LogP contribution in [-0.4, -0.2) is 33.6 Å². The molecular weight excluding hydrogens is 232 g/mol. The van der Waals surface area contributed by atoms with Gasteiger partial charge in [-0.05, 0) is 6.92 Å². The number of aromatic nitrogens is 5. The highest BCUT2D eigenvalue weighted by Crippen LogP contribution is 2.09. The van der Waals surface area contributed by atoms with E-state index in [1.165, 1.54) is 18.6 Å². The second kappa shape index (κ2) is 3.85. The summed E-state index contributed by atoms with van der Waals surface area (Å²) < 4.78 is 25.6. The first-order valence-corrected chi connectivity index (χ1v) is 5.74. The number of sulfonamides is 1. The largest absolute Gasteiger partial charge is 0.332 e. The van der Waals surface area contributed by atoms with E-state index < -0.39 is 10.0 Å². The number of anilines is 1. The van der Waals surface area contributed by atoms with Crippen molar-refractivity contribution in [1.29, 1.82) is 0 Å². The molecule has 0 saturated heterocycles. The number of aromatic amines is 1. The maximum Gasteiger partial charge on any atom is 0.281 e. The normalized spacial score (nSPS) is 11.3. The Balaban J connectivity index is 2.28. The lowest BCUT2D eigenvalue weighted by molar-refractivity contribution is 0.597. The molecule has 16 heavy (non-hydrogen) atoms. The summed E-state index contributed by atoms with van der Waals surface area (Å²) in [6.45, 7) is 1.65. The standard InChI is InChI=1S/C7H8N6O2S/c1-5-9-4-6(11-5)16(14,15)13-7-8-2-3-10-12-7/h2-4H,1H3,(H,9,11)(H,8,12,13). The predicted molar refractivity (Wildman–Crippen MR) is 54.0 cm³/mol. The summed E-state index contributed by atoms with van der Waals surface area (Å²) in [5.74, 6) is 0.419. The predicted octanol–water partition coefficient (Wildman–Crippen LogP) is -0.296.